The van der Waals surface area contributed by atoms with Crippen molar-refractivity contribution in [1.29, 1.82) is 0 Å². The molecule has 2 aromatic carbocycles. The van der Waals surface area contributed by atoms with E-state index in [0.29, 0.717) is 17.1 Å². The van der Waals surface area contributed by atoms with Gasteiger partial charge in [0.05, 0.1) is 30.8 Å². The van der Waals surface area contributed by atoms with Crippen molar-refractivity contribution in [3.63, 3.8) is 0 Å². The summed E-state index contributed by atoms with van der Waals surface area (Å²) in [5.41, 5.74) is 2.24. The Hall–Kier alpha value is -3.02. The van der Waals surface area contributed by atoms with E-state index in [4.69, 9.17) is 4.74 Å². The summed E-state index contributed by atoms with van der Waals surface area (Å²) in [7, 11) is 2.72. The van der Waals surface area contributed by atoms with Crippen LogP contribution in [0.3, 0.4) is 0 Å². The van der Waals surface area contributed by atoms with Crippen LogP contribution in [0.1, 0.15) is 10.4 Å². The number of nitrogens with zero attached hydrogens (tertiary/aromatic N) is 1. The lowest BCUT2D eigenvalue weighted by Crippen LogP contribution is -2.04. The first-order valence-electron chi connectivity index (χ1n) is 6.58. The SMILES string of the molecule is COC(=O)c1cc(O)c(-c2nc3ccccc3[nH]2)cc1OC. The van der Waals surface area contributed by atoms with E-state index in [-0.39, 0.29) is 11.3 Å². The maximum absolute atomic E-state index is 11.7. The fourth-order valence-corrected chi connectivity index (χ4v) is 2.28. The summed E-state index contributed by atoms with van der Waals surface area (Å²) in [5, 5.41) is 10.2. The molecule has 6 heteroatoms. The summed E-state index contributed by atoms with van der Waals surface area (Å²) in [6.45, 7) is 0. The summed E-state index contributed by atoms with van der Waals surface area (Å²) in [4.78, 5) is 19.2. The standard InChI is InChI=1S/C16H14N2O4/c1-21-14-8-9(13(19)7-10(14)16(20)22-2)15-17-11-5-3-4-6-12(11)18-15/h3-8,19H,1-2H3,(H,17,18). The first-order valence-corrected chi connectivity index (χ1v) is 6.58. The zero-order chi connectivity index (χ0) is 15.7. The number of carbonyl (C=O) groups excluding carboxylic acids is 1. The number of hydrogen-bond donors (Lipinski definition) is 2. The van der Waals surface area contributed by atoms with Crippen LogP contribution in [-0.4, -0.2) is 35.3 Å². The van der Waals surface area contributed by atoms with Crippen molar-refractivity contribution in [1.82, 2.24) is 9.97 Å². The maximum Gasteiger partial charge on any atom is 0.341 e. The Morgan fingerprint density at radius 3 is 2.68 bits per heavy atom. The molecule has 6 nitrogen and oxygen atoms in total. The highest BCUT2D eigenvalue weighted by Gasteiger charge is 2.19. The van der Waals surface area contributed by atoms with Crippen LogP contribution in [0.4, 0.5) is 0 Å². The van der Waals surface area contributed by atoms with Crippen LogP contribution in [0.15, 0.2) is 36.4 Å². The van der Waals surface area contributed by atoms with Crippen LogP contribution >= 0.6 is 0 Å². The molecule has 0 aliphatic carbocycles. The maximum atomic E-state index is 11.7. The number of hydrogen-bond acceptors (Lipinski definition) is 5. The summed E-state index contributed by atoms with van der Waals surface area (Å²) in [6, 6.07) is 10.4. The van der Waals surface area contributed by atoms with Crippen LogP contribution in [0, 0.1) is 0 Å². The zero-order valence-electron chi connectivity index (χ0n) is 12.1. The van der Waals surface area contributed by atoms with Gasteiger partial charge >= 0.3 is 5.97 Å². The number of aromatic hydroxyl groups is 1. The van der Waals surface area contributed by atoms with Gasteiger partial charge in [-0.3, -0.25) is 0 Å². The number of methoxy groups -OCH3 is 2. The lowest BCUT2D eigenvalue weighted by Gasteiger charge is -2.10. The third-order valence-electron chi connectivity index (χ3n) is 3.37. The Kier molecular flexibility index (Phi) is 3.42. The number of esters is 1. The third-order valence-corrected chi connectivity index (χ3v) is 3.37. The molecular formula is C16H14N2O4. The molecule has 0 saturated carbocycles. The van der Waals surface area contributed by atoms with Gasteiger partial charge in [-0.05, 0) is 24.3 Å². The van der Waals surface area contributed by atoms with Crippen molar-refractivity contribution in [2.24, 2.45) is 0 Å². The van der Waals surface area contributed by atoms with Crippen LogP contribution < -0.4 is 4.74 Å². The van der Waals surface area contributed by atoms with Gasteiger partial charge in [-0.25, -0.2) is 9.78 Å². The summed E-state index contributed by atoms with van der Waals surface area (Å²) in [5.74, 6) is 0.136. The molecular weight excluding hydrogens is 284 g/mol. The minimum Gasteiger partial charge on any atom is -0.507 e. The quantitative estimate of drug-likeness (QED) is 0.726. The number of rotatable bonds is 3. The van der Waals surface area contributed by atoms with E-state index in [0.717, 1.165) is 11.0 Å². The molecule has 2 N–H and O–H groups in total. The number of imidazole rings is 1. The summed E-state index contributed by atoms with van der Waals surface area (Å²) < 4.78 is 9.88. The topological polar surface area (TPSA) is 84.4 Å². The van der Waals surface area contributed by atoms with Gasteiger partial charge in [0.15, 0.2) is 0 Å². The number of phenols is 1. The lowest BCUT2D eigenvalue weighted by atomic mass is 10.1. The van der Waals surface area contributed by atoms with E-state index in [1.165, 1.54) is 20.3 Å². The van der Waals surface area contributed by atoms with E-state index in [9.17, 15) is 9.90 Å². The largest absolute Gasteiger partial charge is 0.507 e. The van der Waals surface area contributed by atoms with E-state index < -0.39 is 5.97 Å². The highest BCUT2D eigenvalue weighted by atomic mass is 16.5. The van der Waals surface area contributed by atoms with Gasteiger partial charge in [-0.2, -0.15) is 0 Å². The predicted molar refractivity (Wildman–Crippen MR) is 81.1 cm³/mol. The molecule has 1 heterocycles. The van der Waals surface area contributed by atoms with E-state index >= 15 is 0 Å². The number of benzene rings is 2. The molecule has 1 aromatic heterocycles. The molecule has 0 aliphatic heterocycles. The van der Waals surface area contributed by atoms with Gasteiger partial charge in [0.2, 0.25) is 0 Å². The summed E-state index contributed by atoms with van der Waals surface area (Å²) in [6.07, 6.45) is 0. The van der Waals surface area contributed by atoms with Gasteiger partial charge in [0, 0.05) is 0 Å². The summed E-state index contributed by atoms with van der Waals surface area (Å²) >= 11 is 0. The van der Waals surface area contributed by atoms with Crippen molar-refractivity contribution in [2.45, 2.75) is 0 Å². The van der Waals surface area contributed by atoms with Crippen molar-refractivity contribution in [3.8, 4) is 22.9 Å². The molecule has 0 amide bonds. The first kappa shape index (κ1) is 13.9. The molecule has 0 saturated heterocycles. The molecule has 0 fully saturated rings. The van der Waals surface area contributed by atoms with Crippen LogP contribution in [0.5, 0.6) is 11.5 Å². The second-order valence-electron chi connectivity index (χ2n) is 4.66. The molecule has 112 valence electrons. The monoisotopic (exact) mass is 298 g/mol. The molecule has 0 spiro atoms. The smallest absolute Gasteiger partial charge is 0.341 e. The second-order valence-corrected chi connectivity index (χ2v) is 4.66. The van der Waals surface area contributed by atoms with Crippen molar-refractivity contribution < 1.29 is 19.4 Å². The number of aromatic amines is 1. The number of fused-ring (bicyclic) bond motifs is 1. The molecule has 3 rings (SSSR count). The van der Waals surface area contributed by atoms with Crippen molar-refractivity contribution in [2.75, 3.05) is 14.2 Å². The van der Waals surface area contributed by atoms with Gasteiger partial charge in [0.1, 0.15) is 22.9 Å². The third kappa shape index (κ3) is 2.24. The van der Waals surface area contributed by atoms with Crippen LogP contribution in [0.2, 0.25) is 0 Å². The number of H-pyrrole nitrogens is 1. The average molecular weight is 298 g/mol. The number of phenolic OH excluding ortho intramolecular Hbond substituents is 1. The first-order chi connectivity index (χ1) is 10.6. The Balaban J connectivity index is 2.16. The molecule has 0 bridgehead atoms. The van der Waals surface area contributed by atoms with Gasteiger partial charge in [0.25, 0.3) is 0 Å². The van der Waals surface area contributed by atoms with Gasteiger partial charge < -0.3 is 19.6 Å². The van der Waals surface area contributed by atoms with Gasteiger partial charge in [-0.1, -0.05) is 12.1 Å². The number of nitrogens with one attached hydrogen (secondary N) is 1. The van der Waals surface area contributed by atoms with Gasteiger partial charge in [-0.15, -0.1) is 0 Å². The van der Waals surface area contributed by atoms with E-state index in [1.54, 1.807) is 6.07 Å². The molecule has 0 unspecified atom stereocenters. The van der Waals surface area contributed by atoms with E-state index in [1.807, 2.05) is 24.3 Å². The Labute approximate surface area is 126 Å². The second kappa shape index (κ2) is 5.40. The molecule has 3 aromatic rings. The molecule has 0 atom stereocenters. The number of aromatic nitrogens is 2. The molecule has 0 aliphatic rings. The minimum absolute atomic E-state index is 0.0831. The van der Waals surface area contributed by atoms with Crippen molar-refractivity contribution in [3.05, 3.63) is 42.0 Å². The molecule has 22 heavy (non-hydrogen) atoms. The zero-order valence-corrected chi connectivity index (χ0v) is 12.1. The Morgan fingerprint density at radius 2 is 2.00 bits per heavy atom. The normalized spacial score (nSPS) is 10.6. The minimum atomic E-state index is -0.580. The van der Waals surface area contributed by atoms with Crippen molar-refractivity contribution >= 4 is 17.0 Å². The van der Waals surface area contributed by atoms with Crippen LogP contribution in [-0.2, 0) is 4.74 Å². The molecule has 0 radical (unpaired) electrons. The fraction of sp³-hybridized carbons (Fsp3) is 0.125. The lowest BCUT2D eigenvalue weighted by molar-refractivity contribution is 0.0596. The number of carbonyl (C=O) groups is 1. The Bertz CT molecular complexity index is 821. The predicted octanol–water partition coefficient (Wildman–Crippen LogP) is 2.73. The Morgan fingerprint density at radius 1 is 1.23 bits per heavy atom. The van der Waals surface area contributed by atoms with Crippen LogP contribution in [0.25, 0.3) is 22.4 Å². The fourth-order valence-electron chi connectivity index (χ4n) is 2.28. The number of ether oxygens (including phenoxy) is 2. The highest BCUT2D eigenvalue weighted by Crippen LogP contribution is 2.35. The highest BCUT2D eigenvalue weighted by molar-refractivity contribution is 5.94. The van der Waals surface area contributed by atoms with E-state index in [2.05, 4.69) is 14.7 Å². The number of para-hydroxylation sites is 2. The average Bonchev–Trinajstić information content (AvgIpc) is 2.97.